The van der Waals surface area contributed by atoms with Crippen LogP contribution in [0.3, 0.4) is 0 Å². The Balaban J connectivity index is 1.80. The van der Waals surface area contributed by atoms with Gasteiger partial charge in [-0.1, -0.05) is 67.9 Å². The van der Waals surface area contributed by atoms with Crippen LogP contribution >= 0.6 is 0 Å². The lowest BCUT2D eigenvalue weighted by Crippen LogP contribution is -2.33. The first-order valence-electron chi connectivity index (χ1n) is 11.9. The van der Waals surface area contributed by atoms with Gasteiger partial charge < -0.3 is 5.21 Å². The zero-order valence-electron chi connectivity index (χ0n) is 18.1. The van der Waals surface area contributed by atoms with Gasteiger partial charge in [-0.25, -0.2) is 8.78 Å². The number of oxime groups is 1. The zero-order valence-corrected chi connectivity index (χ0v) is 18.1. The summed E-state index contributed by atoms with van der Waals surface area (Å²) in [5.41, 5.74) is 2.43. The van der Waals surface area contributed by atoms with Crippen LogP contribution in [0.2, 0.25) is 0 Å². The maximum Gasteiger partial charge on any atom is 0.123 e. The lowest BCUT2D eigenvalue weighted by Gasteiger charge is -2.38. The molecule has 31 heavy (non-hydrogen) atoms. The highest BCUT2D eigenvalue weighted by Gasteiger charge is 2.38. The van der Waals surface area contributed by atoms with Crippen LogP contribution in [-0.4, -0.2) is 10.9 Å². The molecule has 0 radical (unpaired) electrons. The normalized spacial score (nSPS) is 20.2. The van der Waals surface area contributed by atoms with E-state index in [4.69, 9.17) is 0 Å². The summed E-state index contributed by atoms with van der Waals surface area (Å²) < 4.78 is 28.5. The Morgan fingerprint density at radius 3 is 1.48 bits per heavy atom. The van der Waals surface area contributed by atoms with Crippen molar-refractivity contribution in [3.8, 4) is 0 Å². The first-order valence-corrected chi connectivity index (χ1v) is 11.9. The molecule has 2 aliphatic carbocycles. The number of benzene rings is 2. The molecule has 0 amide bonds. The molecule has 0 aliphatic heterocycles. The molecular formula is C27H33F2NO. The van der Waals surface area contributed by atoms with Gasteiger partial charge in [0.2, 0.25) is 0 Å². The SMILES string of the molecule is ON=C(C(c1cccc(F)c1)C1CCCCC1)C(c1cccc(F)c1)C1CCCCC1. The van der Waals surface area contributed by atoms with Gasteiger partial charge in [-0.3, -0.25) is 0 Å². The van der Waals surface area contributed by atoms with Crippen LogP contribution < -0.4 is 0 Å². The zero-order chi connectivity index (χ0) is 21.6. The van der Waals surface area contributed by atoms with E-state index in [2.05, 4.69) is 5.16 Å². The minimum absolute atomic E-state index is 0.156. The van der Waals surface area contributed by atoms with E-state index in [1.54, 1.807) is 24.3 Å². The minimum Gasteiger partial charge on any atom is -0.411 e. The number of nitrogens with zero attached hydrogens (tertiary/aromatic N) is 1. The minimum atomic E-state index is -0.268. The quantitative estimate of drug-likeness (QED) is 0.285. The van der Waals surface area contributed by atoms with Crippen molar-refractivity contribution >= 4 is 5.71 Å². The third-order valence-electron chi connectivity index (χ3n) is 7.41. The van der Waals surface area contributed by atoms with Crippen LogP contribution in [0.5, 0.6) is 0 Å². The van der Waals surface area contributed by atoms with Gasteiger partial charge in [0.1, 0.15) is 11.6 Å². The molecule has 2 atom stereocenters. The molecule has 0 bridgehead atoms. The Morgan fingerprint density at radius 2 is 1.13 bits per heavy atom. The first kappa shape index (κ1) is 22.0. The van der Waals surface area contributed by atoms with Crippen molar-refractivity contribution in [3.05, 3.63) is 71.3 Å². The third-order valence-corrected chi connectivity index (χ3v) is 7.41. The Labute approximate surface area is 184 Å². The maximum atomic E-state index is 14.2. The molecule has 2 nitrogen and oxygen atoms in total. The van der Waals surface area contributed by atoms with Gasteiger partial charge in [0.25, 0.3) is 0 Å². The average molecular weight is 426 g/mol. The summed E-state index contributed by atoms with van der Waals surface area (Å²) in [6.45, 7) is 0. The van der Waals surface area contributed by atoms with E-state index in [1.807, 2.05) is 12.1 Å². The van der Waals surface area contributed by atoms with Crippen molar-refractivity contribution in [1.82, 2.24) is 0 Å². The maximum absolute atomic E-state index is 14.2. The van der Waals surface area contributed by atoms with Crippen molar-refractivity contribution in [3.63, 3.8) is 0 Å². The van der Waals surface area contributed by atoms with Crippen LogP contribution in [0.4, 0.5) is 8.78 Å². The fraction of sp³-hybridized carbons (Fsp3) is 0.519. The predicted molar refractivity (Wildman–Crippen MR) is 121 cm³/mol. The molecule has 0 heterocycles. The van der Waals surface area contributed by atoms with Gasteiger partial charge in [-0.05, 0) is 72.9 Å². The summed E-state index contributed by atoms with van der Waals surface area (Å²) in [7, 11) is 0. The first-order chi connectivity index (χ1) is 15.2. The Kier molecular flexibility index (Phi) is 7.37. The predicted octanol–water partition coefficient (Wildman–Crippen LogP) is 7.82. The number of hydrogen-bond donors (Lipinski definition) is 1. The molecule has 166 valence electrons. The number of halogens is 2. The van der Waals surface area contributed by atoms with Gasteiger partial charge in [0.15, 0.2) is 0 Å². The van der Waals surface area contributed by atoms with E-state index >= 15 is 0 Å². The summed E-state index contributed by atoms with van der Waals surface area (Å²) in [5, 5.41) is 14.3. The van der Waals surface area contributed by atoms with Crippen molar-refractivity contribution in [2.75, 3.05) is 0 Å². The fourth-order valence-electron chi connectivity index (χ4n) is 6.02. The van der Waals surface area contributed by atoms with Gasteiger partial charge in [-0.2, -0.15) is 0 Å². The second-order valence-corrected chi connectivity index (χ2v) is 9.39. The molecule has 4 rings (SSSR count). The standard InChI is InChI=1S/C27H33F2NO/c28-23-15-7-13-21(17-23)25(19-9-3-1-4-10-19)27(30-31)26(20-11-5-2-6-12-20)22-14-8-16-24(29)18-22/h7-8,13-20,25-26,31H,1-6,9-12H2. The van der Waals surface area contributed by atoms with Gasteiger partial charge in [0, 0.05) is 11.8 Å². The van der Waals surface area contributed by atoms with E-state index in [-0.39, 0.29) is 23.5 Å². The van der Waals surface area contributed by atoms with Crippen molar-refractivity contribution in [2.24, 2.45) is 17.0 Å². The molecule has 2 aromatic rings. The number of rotatable bonds is 6. The highest BCUT2D eigenvalue weighted by molar-refractivity contribution is 5.96. The van der Waals surface area contributed by atoms with E-state index in [0.717, 1.165) is 62.5 Å². The van der Waals surface area contributed by atoms with Crippen LogP contribution in [-0.2, 0) is 0 Å². The summed E-state index contributed by atoms with van der Waals surface area (Å²) in [6, 6.07) is 13.5. The monoisotopic (exact) mass is 425 g/mol. The molecule has 0 aromatic heterocycles. The molecule has 2 aromatic carbocycles. The summed E-state index contributed by atoms with van der Waals surface area (Å²) in [6.07, 6.45) is 11.2. The lowest BCUT2D eigenvalue weighted by molar-refractivity contribution is 0.283. The lowest BCUT2D eigenvalue weighted by atomic mass is 9.66. The largest absolute Gasteiger partial charge is 0.411 e. The van der Waals surface area contributed by atoms with Crippen LogP contribution in [0.25, 0.3) is 0 Å². The van der Waals surface area contributed by atoms with Crippen molar-refractivity contribution < 1.29 is 14.0 Å². The van der Waals surface area contributed by atoms with E-state index < -0.39 is 0 Å². The van der Waals surface area contributed by atoms with E-state index in [0.29, 0.717) is 17.5 Å². The molecule has 0 saturated heterocycles. The average Bonchev–Trinajstić information content (AvgIpc) is 2.80. The van der Waals surface area contributed by atoms with E-state index in [9.17, 15) is 14.0 Å². The van der Waals surface area contributed by atoms with Crippen LogP contribution in [0.15, 0.2) is 53.7 Å². The highest BCUT2D eigenvalue weighted by Crippen LogP contribution is 2.45. The topological polar surface area (TPSA) is 32.6 Å². The fourth-order valence-corrected chi connectivity index (χ4v) is 6.02. The number of hydrogen-bond acceptors (Lipinski definition) is 2. The van der Waals surface area contributed by atoms with E-state index in [1.165, 1.54) is 25.0 Å². The third kappa shape index (κ3) is 5.16. The second kappa shape index (κ2) is 10.4. The molecule has 2 aliphatic rings. The van der Waals surface area contributed by atoms with Gasteiger partial charge in [-0.15, -0.1) is 0 Å². The molecule has 2 saturated carbocycles. The molecule has 2 fully saturated rings. The summed E-state index contributed by atoms with van der Waals surface area (Å²) in [5.74, 6) is -0.235. The van der Waals surface area contributed by atoms with Crippen LogP contribution in [0, 0.1) is 23.5 Å². The Hall–Kier alpha value is -2.23. The molecule has 1 N–H and O–H groups in total. The van der Waals surface area contributed by atoms with Gasteiger partial charge in [0.05, 0.1) is 5.71 Å². The molecule has 0 spiro atoms. The summed E-state index contributed by atoms with van der Waals surface area (Å²) >= 11 is 0. The smallest absolute Gasteiger partial charge is 0.123 e. The highest BCUT2D eigenvalue weighted by atomic mass is 19.1. The Bertz CT molecular complexity index is 815. The molecule has 2 unspecified atom stereocenters. The van der Waals surface area contributed by atoms with Gasteiger partial charge >= 0.3 is 0 Å². The van der Waals surface area contributed by atoms with Crippen LogP contribution in [0.1, 0.15) is 87.2 Å². The van der Waals surface area contributed by atoms with Crippen molar-refractivity contribution in [1.29, 1.82) is 0 Å². The Morgan fingerprint density at radius 1 is 0.710 bits per heavy atom. The summed E-state index contributed by atoms with van der Waals surface area (Å²) in [4.78, 5) is 0. The second-order valence-electron chi connectivity index (χ2n) is 9.39. The van der Waals surface area contributed by atoms with Crippen molar-refractivity contribution in [2.45, 2.75) is 76.0 Å². The molecule has 4 heteroatoms. The molecular weight excluding hydrogens is 392 g/mol.